The topological polar surface area (TPSA) is 115 Å². The molecule has 0 aliphatic heterocycles. The van der Waals surface area contributed by atoms with Crippen LogP contribution in [0, 0.1) is 11.3 Å². The lowest BCUT2D eigenvalue weighted by molar-refractivity contribution is 0.408. The van der Waals surface area contributed by atoms with Crippen molar-refractivity contribution in [2.75, 3.05) is 10.7 Å². The Bertz CT molecular complexity index is 460. The molecule has 9 heteroatoms. The van der Waals surface area contributed by atoms with Gasteiger partial charge in [0.1, 0.15) is 11.8 Å². The first kappa shape index (κ1) is 12.4. The first-order valence-electron chi connectivity index (χ1n) is 4.18. The molecule has 1 aromatic rings. The molecular weight excluding hydrogens is 233 g/mol. The largest absolute Gasteiger partial charge is 0.473 e. The summed E-state index contributed by atoms with van der Waals surface area (Å²) >= 11 is 0. The van der Waals surface area contributed by atoms with E-state index in [9.17, 15) is 8.42 Å². The highest BCUT2D eigenvalue weighted by atomic mass is 32.2. The molecule has 7 nitrogen and oxygen atoms in total. The van der Waals surface area contributed by atoms with Crippen LogP contribution in [0.1, 0.15) is 5.69 Å². The minimum absolute atomic E-state index is 0.148. The highest BCUT2D eigenvalue weighted by molar-refractivity contribution is 7.74. The van der Waals surface area contributed by atoms with Crippen LogP contribution in [0.2, 0.25) is 0 Å². The van der Waals surface area contributed by atoms with Gasteiger partial charge in [-0.3, -0.25) is 4.31 Å². The van der Waals surface area contributed by atoms with Crippen molar-refractivity contribution < 1.29 is 18.5 Å². The van der Waals surface area contributed by atoms with E-state index in [1.54, 1.807) is 6.07 Å². The zero-order valence-corrected chi connectivity index (χ0v) is 8.91. The Balaban J connectivity index is 2.98. The summed E-state index contributed by atoms with van der Waals surface area (Å²) in [6.45, 7) is 0. The van der Waals surface area contributed by atoms with Crippen molar-refractivity contribution in [1.29, 1.82) is 5.26 Å². The molecule has 0 saturated carbocycles. The van der Waals surface area contributed by atoms with Gasteiger partial charge in [0.05, 0.1) is 18.3 Å². The van der Waals surface area contributed by atoms with Gasteiger partial charge in [-0.05, 0) is 12.1 Å². The lowest BCUT2D eigenvalue weighted by atomic mass is 9.92. The first-order valence-corrected chi connectivity index (χ1v) is 5.31. The quantitative estimate of drug-likeness (QED) is 0.427. The van der Waals surface area contributed by atoms with Crippen molar-refractivity contribution in [2.45, 2.75) is 0 Å². The summed E-state index contributed by atoms with van der Waals surface area (Å²) in [5.41, 5.74) is 0.317. The number of hydrogen-bond donors (Lipinski definition) is 3. The van der Waals surface area contributed by atoms with Crippen molar-refractivity contribution in [3.63, 3.8) is 0 Å². The van der Waals surface area contributed by atoms with Gasteiger partial charge in [0, 0.05) is 0 Å². The summed E-state index contributed by atoms with van der Waals surface area (Å²) in [5, 5.41) is 25.9. The van der Waals surface area contributed by atoms with Gasteiger partial charge in [0.2, 0.25) is 10.9 Å². The molecule has 84 valence electrons. The average Bonchev–Trinajstić information content (AvgIpc) is 2.25. The molecule has 1 heterocycles. The van der Waals surface area contributed by atoms with Crippen LogP contribution >= 0.6 is 0 Å². The standard InChI is InChI=1S/C7H8BN3O4S/c9-3-6-1-2-7(4-10-6)11(16(14)15)5-8(12)13/h1-2,4,12-13,16H,5H2. The van der Waals surface area contributed by atoms with Gasteiger partial charge in [-0.15, -0.1) is 0 Å². The van der Waals surface area contributed by atoms with E-state index >= 15 is 0 Å². The molecule has 0 radical (unpaired) electrons. The van der Waals surface area contributed by atoms with Crippen molar-refractivity contribution in [2.24, 2.45) is 0 Å². The third-order valence-electron chi connectivity index (χ3n) is 1.69. The Labute approximate surface area is 93.8 Å². The fraction of sp³-hybridized carbons (Fsp3) is 0.143. The van der Waals surface area contributed by atoms with Crippen LogP contribution in [0.15, 0.2) is 18.3 Å². The average molecular weight is 241 g/mol. The van der Waals surface area contributed by atoms with Crippen LogP contribution in [-0.2, 0) is 10.9 Å². The maximum absolute atomic E-state index is 10.8. The SMILES string of the molecule is N#Cc1ccc(N(CB(O)O)[SH](=O)=O)cn1. The van der Waals surface area contributed by atoms with Crippen LogP contribution in [0.5, 0.6) is 0 Å². The van der Waals surface area contributed by atoms with Crippen LogP contribution in [0.4, 0.5) is 5.69 Å². The summed E-state index contributed by atoms with van der Waals surface area (Å²) in [6, 6.07) is 4.48. The van der Waals surface area contributed by atoms with Gasteiger partial charge < -0.3 is 10.0 Å². The second-order valence-electron chi connectivity index (χ2n) is 2.81. The number of hydrogen-bond acceptors (Lipinski definition) is 6. The molecule has 0 aromatic carbocycles. The number of nitrogens with zero attached hydrogens (tertiary/aromatic N) is 3. The van der Waals surface area contributed by atoms with Gasteiger partial charge >= 0.3 is 7.12 Å². The van der Waals surface area contributed by atoms with Gasteiger partial charge in [-0.1, -0.05) is 0 Å². The fourth-order valence-corrected chi connectivity index (χ4v) is 1.61. The molecule has 0 amide bonds. The van der Waals surface area contributed by atoms with Crippen LogP contribution in [0.3, 0.4) is 0 Å². The highest BCUT2D eigenvalue weighted by Gasteiger charge is 2.17. The van der Waals surface area contributed by atoms with Gasteiger partial charge in [0.25, 0.3) is 0 Å². The second-order valence-corrected chi connectivity index (χ2v) is 3.77. The summed E-state index contributed by atoms with van der Waals surface area (Å²) in [6.07, 6.45) is 0.693. The second kappa shape index (κ2) is 5.46. The van der Waals surface area contributed by atoms with E-state index < -0.39 is 24.5 Å². The van der Waals surface area contributed by atoms with Crippen LogP contribution < -0.4 is 4.31 Å². The van der Waals surface area contributed by atoms with Gasteiger partial charge in [0.15, 0.2) is 0 Å². The molecule has 2 N–H and O–H groups in total. The third kappa shape index (κ3) is 3.20. The molecule has 0 atom stereocenters. The van der Waals surface area contributed by atoms with E-state index in [-0.39, 0.29) is 11.4 Å². The molecule has 0 unspecified atom stereocenters. The van der Waals surface area contributed by atoms with E-state index in [0.29, 0.717) is 0 Å². The number of rotatable bonds is 4. The Morgan fingerprint density at radius 2 is 2.19 bits per heavy atom. The zero-order chi connectivity index (χ0) is 12.1. The zero-order valence-electron chi connectivity index (χ0n) is 8.02. The van der Waals surface area contributed by atoms with E-state index in [0.717, 1.165) is 4.31 Å². The highest BCUT2D eigenvalue weighted by Crippen LogP contribution is 2.12. The minimum atomic E-state index is -3.00. The Morgan fingerprint density at radius 3 is 2.56 bits per heavy atom. The summed E-state index contributed by atoms with van der Waals surface area (Å²) in [5.74, 6) is 0. The van der Waals surface area contributed by atoms with Crippen molar-refractivity contribution >= 4 is 23.7 Å². The number of anilines is 1. The number of aromatic nitrogens is 1. The molecule has 0 saturated heterocycles. The Hall–Kier alpha value is -1.63. The molecule has 0 spiro atoms. The molecule has 0 fully saturated rings. The van der Waals surface area contributed by atoms with Crippen molar-refractivity contribution in [1.82, 2.24) is 4.98 Å². The van der Waals surface area contributed by atoms with E-state index in [4.69, 9.17) is 15.3 Å². The molecule has 0 aliphatic carbocycles. The molecular formula is C7H8BN3O4S. The monoisotopic (exact) mass is 241 g/mol. The predicted octanol–water partition coefficient (Wildman–Crippen LogP) is -1.70. The molecule has 0 aliphatic rings. The summed E-state index contributed by atoms with van der Waals surface area (Å²) in [4.78, 5) is 3.67. The molecule has 0 bridgehead atoms. The van der Waals surface area contributed by atoms with E-state index in [2.05, 4.69) is 4.98 Å². The molecule has 1 aromatic heterocycles. The summed E-state index contributed by atoms with van der Waals surface area (Å²) < 4.78 is 22.4. The minimum Gasteiger partial charge on any atom is -0.426 e. The maximum atomic E-state index is 10.8. The predicted molar refractivity (Wildman–Crippen MR) is 56.8 cm³/mol. The van der Waals surface area contributed by atoms with Crippen molar-refractivity contribution in [3.05, 3.63) is 24.0 Å². The fourth-order valence-electron chi connectivity index (χ4n) is 1.03. The Kier molecular flexibility index (Phi) is 4.24. The van der Waals surface area contributed by atoms with Crippen LogP contribution in [-0.4, -0.2) is 37.0 Å². The van der Waals surface area contributed by atoms with Crippen LogP contribution in [0.25, 0.3) is 0 Å². The maximum Gasteiger partial charge on any atom is 0.473 e. The first-order chi connectivity index (χ1) is 7.54. The van der Waals surface area contributed by atoms with E-state index in [1.165, 1.54) is 18.3 Å². The lowest BCUT2D eigenvalue weighted by Gasteiger charge is -2.16. The smallest absolute Gasteiger partial charge is 0.426 e. The molecule has 16 heavy (non-hydrogen) atoms. The Morgan fingerprint density at radius 1 is 1.50 bits per heavy atom. The third-order valence-corrected chi connectivity index (χ3v) is 2.48. The number of pyridine rings is 1. The van der Waals surface area contributed by atoms with Gasteiger partial charge in [-0.2, -0.15) is 5.26 Å². The van der Waals surface area contributed by atoms with Crippen molar-refractivity contribution in [3.8, 4) is 6.07 Å². The summed E-state index contributed by atoms with van der Waals surface area (Å²) in [7, 11) is -4.77. The normalized spacial score (nSPS) is 9.88. The number of nitriles is 1. The van der Waals surface area contributed by atoms with E-state index in [1.807, 2.05) is 0 Å². The van der Waals surface area contributed by atoms with Gasteiger partial charge in [-0.25, -0.2) is 13.4 Å². The number of thiol groups is 1. The molecule has 1 rings (SSSR count). The lowest BCUT2D eigenvalue weighted by Crippen LogP contribution is -2.34.